The number of nitro groups is 1. The van der Waals surface area contributed by atoms with Crippen LogP contribution in [0, 0.1) is 27.3 Å². The topological polar surface area (TPSA) is 89.0 Å². The SMILES string of the molecule is N#Cc1c(F)cccc1Oc1ncc(Cl)cc1[N+](=O)[O-]. The molecule has 0 aliphatic carbocycles. The van der Waals surface area contributed by atoms with E-state index in [1.807, 2.05) is 0 Å². The molecular weight excluding hydrogens is 289 g/mol. The van der Waals surface area contributed by atoms with Gasteiger partial charge in [0, 0.05) is 6.07 Å². The van der Waals surface area contributed by atoms with Crippen molar-refractivity contribution in [2.24, 2.45) is 0 Å². The molecule has 2 rings (SSSR count). The van der Waals surface area contributed by atoms with Crippen molar-refractivity contribution in [3.05, 3.63) is 57.0 Å². The van der Waals surface area contributed by atoms with Crippen LogP contribution in [0.3, 0.4) is 0 Å². The van der Waals surface area contributed by atoms with Gasteiger partial charge < -0.3 is 4.74 Å². The van der Waals surface area contributed by atoms with Crippen molar-refractivity contribution < 1.29 is 14.1 Å². The number of benzene rings is 1. The number of aromatic nitrogens is 1. The average molecular weight is 294 g/mol. The minimum atomic E-state index is -0.790. The molecule has 1 aromatic heterocycles. The van der Waals surface area contributed by atoms with Gasteiger partial charge in [-0.3, -0.25) is 10.1 Å². The molecule has 0 saturated heterocycles. The van der Waals surface area contributed by atoms with Gasteiger partial charge in [0.15, 0.2) is 5.75 Å². The van der Waals surface area contributed by atoms with Crippen LogP contribution in [-0.2, 0) is 0 Å². The third-order valence-electron chi connectivity index (χ3n) is 2.29. The van der Waals surface area contributed by atoms with E-state index in [4.69, 9.17) is 21.6 Å². The summed E-state index contributed by atoms with van der Waals surface area (Å²) in [6.45, 7) is 0. The lowest BCUT2D eigenvalue weighted by atomic mass is 10.2. The quantitative estimate of drug-likeness (QED) is 0.638. The molecule has 0 aliphatic heterocycles. The summed E-state index contributed by atoms with van der Waals surface area (Å²) < 4.78 is 18.6. The largest absolute Gasteiger partial charge is 0.432 e. The Kier molecular flexibility index (Phi) is 3.77. The molecule has 1 heterocycles. The van der Waals surface area contributed by atoms with Crippen molar-refractivity contribution in [1.29, 1.82) is 5.26 Å². The molecule has 0 atom stereocenters. The minimum absolute atomic E-state index is 0.0591. The first-order chi connectivity index (χ1) is 9.52. The van der Waals surface area contributed by atoms with Crippen LogP contribution in [0.4, 0.5) is 10.1 Å². The summed E-state index contributed by atoms with van der Waals surface area (Å²) in [6.07, 6.45) is 1.15. The third kappa shape index (κ3) is 2.65. The smallest absolute Gasteiger partial charge is 0.332 e. The van der Waals surface area contributed by atoms with Crippen LogP contribution in [0.1, 0.15) is 5.56 Å². The Morgan fingerprint density at radius 1 is 1.50 bits per heavy atom. The normalized spacial score (nSPS) is 9.85. The lowest BCUT2D eigenvalue weighted by Crippen LogP contribution is -1.98. The van der Waals surface area contributed by atoms with Crippen molar-refractivity contribution in [2.75, 3.05) is 0 Å². The maximum atomic E-state index is 13.4. The van der Waals surface area contributed by atoms with Crippen molar-refractivity contribution in [3.8, 4) is 17.7 Å². The molecule has 2 aromatic rings. The van der Waals surface area contributed by atoms with Crippen LogP contribution in [0.15, 0.2) is 30.5 Å². The fraction of sp³-hybridized carbons (Fsp3) is 0. The minimum Gasteiger partial charge on any atom is -0.432 e. The van der Waals surface area contributed by atoms with Crippen LogP contribution in [0.2, 0.25) is 5.02 Å². The van der Waals surface area contributed by atoms with Gasteiger partial charge in [0.25, 0.3) is 5.88 Å². The average Bonchev–Trinajstić information content (AvgIpc) is 2.41. The predicted octanol–water partition coefficient (Wildman–Crippen LogP) is 3.45. The summed E-state index contributed by atoms with van der Waals surface area (Å²) in [6, 6.07) is 6.37. The highest BCUT2D eigenvalue weighted by Gasteiger charge is 2.20. The molecule has 1 aromatic carbocycles. The van der Waals surface area contributed by atoms with Crippen molar-refractivity contribution in [2.45, 2.75) is 0 Å². The summed E-state index contributed by atoms with van der Waals surface area (Å²) in [5, 5.41) is 19.8. The molecule has 0 bridgehead atoms. The number of hydrogen-bond donors (Lipinski definition) is 0. The van der Waals surface area contributed by atoms with E-state index in [9.17, 15) is 14.5 Å². The van der Waals surface area contributed by atoms with Gasteiger partial charge in [0.1, 0.15) is 17.4 Å². The Morgan fingerprint density at radius 3 is 2.90 bits per heavy atom. The standard InChI is InChI=1S/C12H5ClFN3O3/c13-7-4-10(17(18)19)12(16-6-7)20-11-3-1-2-9(14)8(11)5-15/h1-4,6H. The van der Waals surface area contributed by atoms with Crippen LogP contribution >= 0.6 is 11.6 Å². The van der Waals surface area contributed by atoms with Crippen LogP contribution in [0.5, 0.6) is 11.6 Å². The van der Waals surface area contributed by atoms with Gasteiger partial charge >= 0.3 is 5.69 Å². The Labute approximate surface area is 117 Å². The summed E-state index contributed by atoms with van der Waals surface area (Å²) in [5.41, 5.74) is -0.843. The van der Waals surface area contributed by atoms with E-state index < -0.39 is 16.4 Å². The van der Waals surface area contributed by atoms with Crippen LogP contribution in [-0.4, -0.2) is 9.91 Å². The molecule has 8 heteroatoms. The lowest BCUT2D eigenvalue weighted by molar-refractivity contribution is -0.386. The zero-order valence-corrected chi connectivity index (χ0v) is 10.5. The second kappa shape index (κ2) is 5.50. The van der Waals surface area contributed by atoms with Crippen molar-refractivity contribution >= 4 is 17.3 Å². The van der Waals surface area contributed by atoms with E-state index >= 15 is 0 Å². The summed E-state index contributed by atoms with van der Waals surface area (Å²) in [5.74, 6) is -1.33. The van der Waals surface area contributed by atoms with E-state index in [-0.39, 0.29) is 22.2 Å². The monoisotopic (exact) mass is 293 g/mol. The van der Waals surface area contributed by atoms with Crippen LogP contribution < -0.4 is 4.74 Å². The Balaban J connectivity index is 2.49. The zero-order valence-electron chi connectivity index (χ0n) is 9.71. The van der Waals surface area contributed by atoms with Gasteiger partial charge in [-0.2, -0.15) is 5.26 Å². The third-order valence-corrected chi connectivity index (χ3v) is 2.50. The van der Waals surface area contributed by atoms with E-state index in [0.29, 0.717) is 0 Å². The lowest BCUT2D eigenvalue weighted by Gasteiger charge is -2.07. The maximum Gasteiger partial charge on any atom is 0.332 e. The van der Waals surface area contributed by atoms with Crippen molar-refractivity contribution in [3.63, 3.8) is 0 Å². The molecule has 0 saturated carbocycles. The Bertz CT molecular complexity index is 730. The molecule has 0 spiro atoms. The number of nitriles is 1. The fourth-order valence-corrected chi connectivity index (χ4v) is 1.58. The molecule has 6 nitrogen and oxygen atoms in total. The van der Waals surface area contributed by atoms with Crippen molar-refractivity contribution in [1.82, 2.24) is 4.98 Å². The molecule has 0 unspecified atom stereocenters. The number of nitrogens with zero attached hydrogens (tertiary/aromatic N) is 3. The molecular formula is C12H5ClFN3O3. The van der Waals surface area contributed by atoms with Gasteiger partial charge in [-0.1, -0.05) is 17.7 Å². The van der Waals surface area contributed by atoms with E-state index in [1.54, 1.807) is 6.07 Å². The van der Waals surface area contributed by atoms with Gasteiger partial charge in [-0.05, 0) is 12.1 Å². The number of ether oxygens (including phenoxy) is 1. The fourth-order valence-electron chi connectivity index (χ4n) is 1.43. The van der Waals surface area contributed by atoms with Gasteiger partial charge in [0.05, 0.1) is 16.1 Å². The molecule has 0 radical (unpaired) electrons. The van der Waals surface area contributed by atoms with E-state index in [2.05, 4.69) is 4.98 Å². The highest BCUT2D eigenvalue weighted by molar-refractivity contribution is 6.30. The second-order valence-electron chi connectivity index (χ2n) is 3.56. The predicted molar refractivity (Wildman–Crippen MR) is 67.1 cm³/mol. The molecule has 100 valence electrons. The van der Waals surface area contributed by atoms with E-state index in [0.717, 1.165) is 18.3 Å². The Morgan fingerprint density at radius 2 is 2.25 bits per heavy atom. The highest BCUT2D eigenvalue weighted by atomic mass is 35.5. The number of rotatable bonds is 3. The maximum absolute atomic E-state index is 13.4. The van der Waals surface area contributed by atoms with Gasteiger partial charge in [-0.15, -0.1) is 0 Å². The molecule has 20 heavy (non-hydrogen) atoms. The molecule has 0 aliphatic rings. The van der Waals surface area contributed by atoms with Gasteiger partial charge in [0.2, 0.25) is 0 Å². The zero-order chi connectivity index (χ0) is 14.7. The molecule has 0 fully saturated rings. The highest BCUT2D eigenvalue weighted by Crippen LogP contribution is 2.32. The molecule has 0 amide bonds. The first kappa shape index (κ1) is 13.7. The summed E-state index contributed by atoms with van der Waals surface area (Å²) in [4.78, 5) is 13.8. The first-order valence-electron chi connectivity index (χ1n) is 5.19. The number of hydrogen-bond acceptors (Lipinski definition) is 5. The van der Waals surface area contributed by atoms with E-state index in [1.165, 1.54) is 12.1 Å². The summed E-state index contributed by atoms with van der Waals surface area (Å²) in [7, 11) is 0. The second-order valence-corrected chi connectivity index (χ2v) is 4.00. The first-order valence-corrected chi connectivity index (χ1v) is 5.57. The molecule has 0 N–H and O–H groups in total. The van der Waals surface area contributed by atoms with Gasteiger partial charge in [-0.25, -0.2) is 9.37 Å². The number of pyridine rings is 1. The Hall–Kier alpha value is -2.72. The summed E-state index contributed by atoms with van der Waals surface area (Å²) >= 11 is 5.61. The number of halogens is 2. The van der Waals surface area contributed by atoms with Crippen LogP contribution in [0.25, 0.3) is 0 Å².